The fourth-order valence-electron chi connectivity index (χ4n) is 1.21. The van der Waals surface area contributed by atoms with Gasteiger partial charge < -0.3 is 10.6 Å². The van der Waals surface area contributed by atoms with Crippen LogP contribution in [0.5, 0.6) is 0 Å². The van der Waals surface area contributed by atoms with Crippen LogP contribution in [0.3, 0.4) is 0 Å². The highest BCUT2D eigenvalue weighted by atomic mass is 35.5. The third kappa shape index (κ3) is 5.10. The average Bonchev–Trinajstić information content (AvgIpc) is 2.28. The molecular formula is C11H15ClF2N2O. The Hall–Kier alpha value is -1.20. The molecule has 0 aliphatic carbocycles. The van der Waals surface area contributed by atoms with Gasteiger partial charge in [-0.3, -0.25) is 4.79 Å². The molecule has 6 heteroatoms. The van der Waals surface area contributed by atoms with Crippen LogP contribution in [0.2, 0.25) is 0 Å². The molecule has 17 heavy (non-hydrogen) atoms. The van der Waals surface area contributed by atoms with Crippen LogP contribution in [0.4, 0.5) is 8.78 Å². The summed E-state index contributed by atoms with van der Waals surface area (Å²) < 4.78 is 25.4. The molecule has 3 nitrogen and oxygen atoms in total. The van der Waals surface area contributed by atoms with Crippen molar-refractivity contribution in [1.82, 2.24) is 10.6 Å². The van der Waals surface area contributed by atoms with Crippen molar-refractivity contribution < 1.29 is 13.6 Å². The number of nitrogens with one attached hydrogen (secondary N) is 2. The summed E-state index contributed by atoms with van der Waals surface area (Å²) in [5.41, 5.74) is 0.128. The van der Waals surface area contributed by atoms with Gasteiger partial charge in [-0.25, -0.2) is 8.78 Å². The second-order valence-corrected chi connectivity index (χ2v) is 3.34. The van der Waals surface area contributed by atoms with E-state index in [1.165, 1.54) is 6.07 Å². The standard InChI is InChI=1S/C11H14F2N2O.ClH/c1-14-5-2-6-15-11(16)8-3-4-9(12)10(13)7-8;/h3-4,7,14H,2,5-6H2,1H3,(H,15,16);1H. The molecule has 1 aromatic carbocycles. The normalized spacial score (nSPS) is 9.59. The van der Waals surface area contributed by atoms with Crippen molar-refractivity contribution in [3.05, 3.63) is 35.4 Å². The van der Waals surface area contributed by atoms with Crippen LogP contribution >= 0.6 is 12.4 Å². The van der Waals surface area contributed by atoms with Gasteiger partial charge in [0, 0.05) is 12.1 Å². The van der Waals surface area contributed by atoms with Gasteiger partial charge in [-0.2, -0.15) is 0 Å². The minimum atomic E-state index is -1.01. The number of hydrogen-bond acceptors (Lipinski definition) is 2. The fourth-order valence-corrected chi connectivity index (χ4v) is 1.21. The number of halogens is 3. The van der Waals surface area contributed by atoms with Crippen molar-refractivity contribution in [3.63, 3.8) is 0 Å². The Labute approximate surface area is 105 Å². The first-order valence-corrected chi connectivity index (χ1v) is 5.03. The SMILES string of the molecule is CNCCCNC(=O)c1ccc(F)c(F)c1.Cl. The molecule has 0 unspecified atom stereocenters. The van der Waals surface area contributed by atoms with Crippen molar-refractivity contribution in [2.24, 2.45) is 0 Å². The smallest absolute Gasteiger partial charge is 0.251 e. The number of amides is 1. The summed E-state index contributed by atoms with van der Waals surface area (Å²) in [5, 5.41) is 5.55. The van der Waals surface area contributed by atoms with Crippen LogP contribution in [-0.4, -0.2) is 26.0 Å². The van der Waals surface area contributed by atoms with Gasteiger partial charge in [-0.05, 0) is 38.2 Å². The molecule has 0 fully saturated rings. The van der Waals surface area contributed by atoms with Crippen LogP contribution in [0.1, 0.15) is 16.8 Å². The first-order chi connectivity index (χ1) is 7.65. The average molecular weight is 265 g/mol. The molecule has 1 amide bonds. The van der Waals surface area contributed by atoms with E-state index in [-0.39, 0.29) is 18.0 Å². The summed E-state index contributed by atoms with van der Waals surface area (Å²) >= 11 is 0. The molecule has 0 aliphatic heterocycles. The summed E-state index contributed by atoms with van der Waals surface area (Å²) in [7, 11) is 1.82. The van der Waals surface area contributed by atoms with Crippen molar-refractivity contribution in [2.45, 2.75) is 6.42 Å². The molecule has 0 bridgehead atoms. The molecule has 0 aliphatic rings. The lowest BCUT2D eigenvalue weighted by atomic mass is 10.2. The fraction of sp³-hybridized carbons (Fsp3) is 0.364. The summed E-state index contributed by atoms with van der Waals surface area (Å²) in [6.07, 6.45) is 0.784. The Morgan fingerprint density at radius 2 is 1.94 bits per heavy atom. The predicted molar refractivity (Wildman–Crippen MR) is 64.5 cm³/mol. The van der Waals surface area contributed by atoms with Crippen molar-refractivity contribution in [2.75, 3.05) is 20.1 Å². The summed E-state index contributed by atoms with van der Waals surface area (Å²) in [6.45, 7) is 1.29. The van der Waals surface area contributed by atoms with Gasteiger partial charge in [0.05, 0.1) is 0 Å². The lowest BCUT2D eigenvalue weighted by molar-refractivity contribution is 0.0952. The topological polar surface area (TPSA) is 41.1 Å². The molecule has 1 aromatic rings. The highest BCUT2D eigenvalue weighted by Gasteiger charge is 2.08. The van der Waals surface area contributed by atoms with Gasteiger partial charge in [0.1, 0.15) is 0 Å². The Morgan fingerprint density at radius 3 is 2.53 bits per heavy atom. The zero-order valence-corrected chi connectivity index (χ0v) is 10.2. The highest BCUT2D eigenvalue weighted by Crippen LogP contribution is 2.08. The lowest BCUT2D eigenvalue weighted by Gasteiger charge is -2.05. The number of rotatable bonds is 5. The molecule has 0 aromatic heterocycles. The van der Waals surface area contributed by atoms with Gasteiger partial charge in [0.2, 0.25) is 0 Å². The number of carbonyl (C=O) groups excluding carboxylic acids is 1. The Balaban J connectivity index is 0.00000256. The summed E-state index contributed by atoms with van der Waals surface area (Å²) in [4.78, 5) is 11.5. The molecule has 0 saturated heterocycles. The van der Waals surface area contributed by atoms with Gasteiger partial charge >= 0.3 is 0 Å². The van der Waals surface area contributed by atoms with Gasteiger partial charge in [-0.1, -0.05) is 0 Å². The van der Waals surface area contributed by atoms with Gasteiger partial charge in [0.25, 0.3) is 5.91 Å². The maximum atomic E-state index is 12.8. The van der Waals surface area contributed by atoms with E-state index in [1.807, 2.05) is 7.05 Å². The minimum Gasteiger partial charge on any atom is -0.352 e. The maximum Gasteiger partial charge on any atom is 0.251 e. The molecular weight excluding hydrogens is 250 g/mol. The van der Waals surface area contributed by atoms with E-state index in [2.05, 4.69) is 10.6 Å². The van der Waals surface area contributed by atoms with Crippen LogP contribution in [0.25, 0.3) is 0 Å². The number of benzene rings is 1. The second-order valence-electron chi connectivity index (χ2n) is 3.34. The zero-order chi connectivity index (χ0) is 12.0. The largest absolute Gasteiger partial charge is 0.352 e. The van der Waals surface area contributed by atoms with E-state index in [4.69, 9.17) is 0 Å². The quantitative estimate of drug-likeness (QED) is 0.796. The Morgan fingerprint density at radius 1 is 1.24 bits per heavy atom. The van der Waals surface area contributed by atoms with Crippen LogP contribution in [0, 0.1) is 11.6 Å². The maximum absolute atomic E-state index is 12.8. The monoisotopic (exact) mass is 264 g/mol. The number of hydrogen-bond donors (Lipinski definition) is 2. The predicted octanol–water partition coefficient (Wildman–Crippen LogP) is 1.73. The first kappa shape index (κ1) is 15.8. The molecule has 0 saturated carbocycles. The Kier molecular flexibility index (Phi) is 7.41. The van der Waals surface area contributed by atoms with Crippen LogP contribution < -0.4 is 10.6 Å². The molecule has 2 N–H and O–H groups in total. The van der Waals surface area contributed by atoms with Crippen molar-refractivity contribution in [3.8, 4) is 0 Å². The van der Waals surface area contributed by atoms with Crippen LogP contribution in [0.15, 0.2) is 18.2 Å². The van der Waals surface area contributed by atoms with E-state index in [1.54, 1.807) is 0 Å². The minimum absolute atomic E-state index is 0. The third-order valence-electron chi connectivity index (χ3n) is 2.07. The molecule has 0 heterocycles. The highest BCUT2D eigenvalue weighted by molar-refractivity contribution is 5.94. The molecule has 0 spiro atoms. The molecule has 96 valence electrons. The second kappa shape index (κ2) is 7.97. The van der Waals surface area contributed by atoms with E-state index >= 15 is 0 Å². The Bertz CT molecular complexity index is 374. The third-order valence-corrected chi connectivity index (χ3v) is 2.07. The summed E-state index contributed by atoms with van der Waals surface area (Å²) in [6, 6.07) is 3.09. The van der Waals surface area contributed by atoms with E-state index in [0.717, 1.165) is 25.1 Å². The van der Waals surface area contributed by atoms with Gasteiger partial charge in [0.15, 0.2) is 11.6 Å². The van der Waals surface area contributed by atoms with Crippen molar-refractivity contribution in [1.29, 1.82) is 0 Å². The van der Waals surface area contributed by atoms with Gasteiger partial charge in [-0.15, -0.1) is 12.4 Å². The van der Waals surface area contributed by atoms with E-state index in [9.17, 15) is 13.6 Å². The molecule has 0 atom stereocenters. The molecule has 0 radical (unpaired) electrons. The number of carbonyl (C=O) groups is 1. The van der Waals surface area contributed by atoms with Crippen molar-refractivity contribution >= 4 is 18.3 Å². The lowest BCUT2D eigenvalue weighted by Crippen LogP contribution is -2.26. The van der Waals surface area contributed by atoms with E-state index in [0.29, 0.717) is 6.54 Å². The van der Waals surface area contributed by atoms with E-state index < -0.39 is 17.5 Å². The van der Waals surface area contributed by atoms with Crippen LogP contribution in [-0.2, 0) is 0 Å². The first-order valence-electron chi connectivity index (χ1n) is 5.03. The molecule has 1 rings (SSSR count). The zero-order valence-electron chi connectivity index (χ0n) is 9.43. The summed E-state index contributed by atoms with van der Waals surface area (Å²) in [5.74, 6) is -2.36.